The molecule has 0 aliphatic heterocycles. The van der Waals surface area contributed by atoms with Gasteiger partial charge in [0.15, 0.2) is 0 Å². The number of aromatic carboxylic acids is 1. The highest BCUT2D eigenvalue weighted by molar-refractivity contribution is 7.99. The predicted molar refractivity (Wildman–Crippen MR) is 59.0 cm³/mol. The summed E-state index contributed by atoms with van der Waals surface area (Å²) in [5, 5.41) is 8.87. The van der Waals surface area contributed by atoms with E-state index < -0.39 is 11.8 Å². The van der Waals surface area contributed by atoms with Crippen LogP contribution in [0.4, 0.5) is 4.39 Å². The molecule has 0 amide bonds. The highest BCUT2D eigenvalue weighted by atomic mass is 32.2. The molecule has 1 aromatic rings. The first kappa shape index (κ1) is 12.0. The Kier molecular flexibility index (Phi) is 4.62. The van der Waals surface area contributed by atoms with Gasteiger partial charge >= 0.3 is 5.97 Å². The van der Waals surface area contributed by atoms with Crippen LogP contribution in [0.1, 0.15) is 30.1 Å². The van der Waals surface area contributed by atoms with Crippen LogP contribution >= 0.6 is 11.8 Å². The number of carboxylic acids is 1. The maximum Gasteiger partial charge on any atom is 0.336 e. The number of hydrogen-bond donors (Lipinski definition) is 1. The van der Waals surface area contributed by atoms with Gasteiger partial charge in [0.25, 0.3) is 0 Å². The summed E-state index contributed by atoms with van der Waals surface area (Å²) in [5.41, 5.74) is 0.0519. The van der Waals surface area contributed by atoms with Crippen molar-refractivity contribution in [1.29, 1.82) is 0 Å². The first-order chi connectivity index (χ1) is 7.16. The van der Waals surface area contributed by atoms with Crippen molar-refractivity contribution < 1.29 is 14.3 Å². The van der Waals surface area contributed by atoms with Gasteiger partial charge in [-0.3, -0.25) is 0 Å². The maximum atomic E-state index is 13.4. The molecule has 1 rings (SSSR count). The van der Waals surface area contributed by atoms with Gasteiger partial charge in [0.05, 0.1) is 10.5 Å². The molecule has 0 radical (unpaired) electrons. The van der Waals surface area contributed by atoms with E-state index in [1.54, 1.807) is 0 Å². The Labute approximate surface area is 92.5 Å². The number of unbranched alkanes of at least 4 members (excludes halogenated alkanes) is 1. The Balaban J connectivity index is 2.87. The summed E-state index contributed by atoms with van der Waals surface area (Å²) in [7, 11) is 0. The van der Waals surface area contributed by atoms with Gasteiger partial charge in [-0.1, -0.05) is 19.4 Å². The first-order valence-corrected chi connectivity index (χ1v) is 5.80. The molecule has 1 N–H and O–H groups in total. The number of halogens is 1. The topological polar surface area (TPSA) is 37.3 Å². The number of carbonyl (C=O) groups is 1. The van der Waals surface area contributed by atoms with Crippen molar-refractivity contribution in [2.45, 2.75) is 24.7 Å². The first-order valence-electron chi connectivity index (χ1n) is 4.81. The largest absolute Gasteiger partial charge is 0.478 e. The number of carboxylic acid groups (broad SMARTS) is 1. The minimum atomic E-state index is -1.08. The summed E-state index contributed by atoms with van der Waals surface area (Å²) in [4.78, 5) is 11.1. The van der Waals surface area contributed by atoms with Crippen molar-refractivity contribution in [1.82, 2.24) is 0 Å². The zero-order valence-corrected chi connectivity index (χ0v) is 9.31. The number of rotatable bonds is 5. The van der Waals surface area contributed by atoms with Crippen molar-refractivity contribution in [2.24, 2.45) is 0 Å². The molecule has 0 saturated carbocycles. The average molecular weight is 228 g/mol. The van der Waals surface area contributed by atoms with Crippen LogP contribution in [-0.2, 0) is 0 Å². The summed E-state index contributed by atoms with van der Waals surface area (Å²) in [6, 6.07) is 4.14. The van der Waals surface area contributed by atoms with Crippen LogP contribution in [0.3, 0.4) is 0 Å². The fourth-order valence-corrected chi connectivity index (χ4v) is 2.30. The predicted octanol–water partition coefficient (Wildman–Crippen LogP) is 3.42. The van der Waals surface area contributed by atoms with Crippen molar-refractivity contribution in [3.05, 3.63) is 29.6 Å². The van der Waals surface area contributed by atoms with E-state index in [1.807, 2.05) is 6.92 Å². The van der Waals surface area contributed by atoms with Crippen LogP contribution in [0.5, 0.6) is 0 Å². The molecule has 82 valence electrons. The SMILES string of the molecule is CCCCSc1c(F)cccc1C(=O)O. The van der Waals surface area contributed by atoms with E-state index in [-0.39, 0.29) is 10.5 Å². The van der Waals surface area contributed by atoms with E-state index in [0.717, 1.165) is 18.6 Å². The van der Waals surface area contributed by atoms with Crippen LogP contribution in [0.15, 0.2) is 23.1 Å². The monoisotopic (exact) mass is 228 g/mol. The standard InChI is InChI=1S/C11H13FO2S/c1-2-3-7-15-10-8(11(13)14)5-4-6-9(10)12/h4-6H,2-3,7H2,1H3,(H,13,14). The van der Waals surface area contributed by atoms with Gasteiger partial charge in [-0.15, -0.1) is 11.8 Å². The van der Waals surface area contributed by atoms with E-state index >= 15 is 0 Å². The van der Waals surface area contributed by atoms with Crippen molar-refractivity contribution in [3.8, 4) is 0 Å². The summed E-state index contributed by atoms with van der Waals surface area (Å²) in [5.74, 6) is -0.776. The molecule has 15 heavy (non-hydrogen) atoms. The van der Waals surface area contributed by atoms with Crippen molar-refractivity contribution >= 4 is 17.7 Å². The molecule has 0 aliphatic carbocycles. The van der Waals surface area contributed by atoms with Gasteiger partial charge in [0.1, 0.15) is 5.82 Å². The maximum absolute atomic E-state index is 13.4. The Morgan fingerprint density at radius 2 is 2.27 bits per heavy atom. The lowest BCUT2D eigenvalue weighted by atomic mass is 10.2. The van der Waals surface area contributed by atoms with E-state index in [2.05, 4.69) is 0 Å². The number of benzene rings is 1. The second-order valence-electron chi connectivity index (χ2n) is 3.12. The quantitative estimate of drug-likeness (QED) is 0.619. The smallest absolute Gasteiger partial charge is 0.336 e. The molecule has 0 spiro atoms. The summed E-state index contributed by atoms with van der Waals surface area (Å²) in [6.07, 6.45) is 1.97. The molecule has 1 aromatic carbocycles. The molecule has 2 nitrogen and oxygen atoms in total. The average Bonchev–Trinajstić information content (AvgIpc) is 2.20. The molecule has 0 unspecified atom stereocenters. The second-order valence-corrected chi connectivity index (χ2v) is 4.23. The Hall–Kier alpha value is -1.03. The molecule has 0 heterocycles. The van der Waals surface area contributed by atoms with Gasteiger partial charge in [0, 0.05) is 0 Å². The number of thioether (sulfide) groups is 1. The van der Waals surface area contributed by atoms with E-state index in [4.69, 9.17) is 5.11 Å². The van der Waals surface area contributed by atoms with Gasteiger partial charge < -0.3 is 5.11 Å². The summed E-state index contributed by atoms with van der Waals surface area (Å²) >= 11 is 1.27. The van der Waals surface area contributed by atoms with Crippen LogP contribution in [0.2, 0.25) is 0 Å². The Bertz CT molecular complexity index is 352. The van der Waals surface area contributed by atoms with E-state index in [1.165, 1.54) is 30.0 Å². The molecule has 0 saturated heterocycles. The third kappa shape index (κ3) is 3.23. The molecular formula is C11H13FO2S. The lowest BCUT2D eigenvalue weighted by Crippen LogP contribution is -2.01. The third-order valence-corrected chi connectivity index (χ3v) is 3.14. The zero-order chi connectivity index (χ0) is 11.3. The van der Waals surface area contributed by atoms with E-state index in [9.17, 15) is 9.18 Å². The van der Waals surface area contributed by atoms with E-state index in [0.29, 0.717) is 0 Å². The molecule has 0 fully saturated rings. The molecule has 0 aliphatic rings. The Morgan fingerprint density at radius 1 is 1.53 bits per heavy atom. The molecule has 0 atom stereocenters. The van der Waals surface area contributed by atoms with Crippen LogP contribution in [0, 0.1) is 5.82 Å². The van der Waals surface area contributed by atoms with Crippen LogP contribution in [0.25, 0.3) is 0 Å². The normalized spacial score (nSPS) is 10.3. The molecular weight excluding hydrogens is 215 g/mol. The van der Waals surface area contributed by atoms with Gasteiger partial charge in [-0.2, -0.15) is 0 Å². The lowest BCUT2D eigenvalue weighted by molar-refractivity contribution is 0.0692. The minimum absolute atomic E-state index is 0.0519. The highest BCUT2D eigenvalue weighted by Gasteiger charge is 2.13. The molecule has 0 bridgehead atoms. The fraction of sp³-hybridized carbons (Fsp3) is 0.364. The third-order valence-electron chi connectivity index (χ3n) is 1.94. The second kappa shape index (κ2) is 5.75. The summed E-state index contributed by atoms with van der Waals surface area (Å²) < 4.78 is 13.4. The van der Waals surface area contributed by atoms with Gasteiger partial charge in [-0.25, -0.2) is 9.18 Å². The number of hydrogen-bond acceptors (Lipinski definition) is 2. The highest BCUT2D eigenvalue weighted by Crippen LogP contribution is 2.26. The van der Waals surface area contributed by atoms with Crippen molar-refractivity contribution in [3.63, 3.8) is 0 Å². The van der Waals surface area contributed by atoms with Gasteiger partial charge in [-0.05, 0) is 24.3 Å². The minimum Gasteiger partial charge on any atom is -0.478 e. The zero-order valence-electron chi connectivity index (χ0n) is 8.50. The van der Waals surface area contributed by atoms with Crippen LogP contribution in [-0.4, -0.2) is 16.8 Å². The Morgan fingerprint density at radius 3 is 2.87 bits per heavy atom. The summed E-state index contributed by atoms with van der Waals surface area (Å²) in [6.45, 7) is 2.04. The molecule has 4 heteroatoms. The molecule has 0 aromatic heterocycles. The lowest BCUT2D eigenvalue weighted by Gasteiger charge is -2.06. The van der Waals surface area contributed by atoms with Crippen LogP contribution < -0.4 is 0 Å². The van der Waals surface area contributed by atoms with Gasteiger partial charge in [0.2, 0.25) is 0 Å². The fourth-order valence-electron chi connectivity index (χ4n) is 1.14. The van der Waals surface area contributed by atoms with Crippen molar-refractivity contribution in [2.75, 3.05) is 5.75 Å².